The van der Waals surface area contributed by atoms with Gasteiger partial charge in [0.15, 0.2) is 11.5 Å². The Morgan fingerprint density at radius 2 is 1.88 bits per heavy atom. The van der Waals surface area contributed by atoms with Crippen molar-refractivity contribution in [2.24, 2.45) is 0 Å². The normalized spacial score (nSPS) is 10.8. The van der Waals surface area contributed by atoms with Crippen LogP contribution < -0.4 is 14.8 Å². The molecule has 0 radical (unpaired) electrons. The van der Waals surface area contributed by atoms with Crippen LogP contribution in [0.25, 0.3) is 0 Å². The van der Waals surface area contributed by atoms with Crippen molar-refractivity contribution in [3.63, 3.8) is 0 Å². The van der Waals surface area contributed by atoms with Crippen molar-refractivity contribution < 1.29 is 23.7 Å². The first-order valence-corrected chi connectivity index (χ1v) is 9.06. The number of benzene rings is 2. The number of rotatable bonds is 11. The van der Waals surface area contributed by atoms with Crippen molar-refractivity contribution >= 4 is 15.9 Å². The SMILES string of the molecule is COc1cc(CNCCOCCO)cc(Br)c1OCc1ccc(F)cc1. The van der Waals surface area contributed by atoms with E-state index in [1.165, 1.54) is 12.1 Å². The van der Waals surface area contributed by atoms with Crippen LogP contribution in [0.1, 0.15) is 11.1 Å². The molecule has 7 heteroatoms. The lowest BCUT2D eigenvalue weighted by Gasteiger charge is -2.15. The zero-order valence-electron chi connectivity index (χ0n) is 14.6. The highest BCUT2D eigenvalue weighted by atomic mass is 79.9. The number of nitrogens with one attached hydrogen (secondary N) is 1. The van der Waals surface area contributed by atoms with Crippen LogP contribution in [0, 0.1) is 5.82 Å². The summed E-state index contributed by atoms with van der Waals surface area (Å²) in [5.41, 5.74) is 1.90. The Bertz CT molecular complexity index is 682. The maximum atomic E-state index is 13.0. The third kappa shape index (κ3) is 6.57. The maximum Gasteiger partial charge on any atom is 0.175 e. The fourth-order valence-electron chi connectivity index (χ4n) is 2.30. The standard InChI is InChI=1S/C19H23BrFNO4/c1-24-18-11-15(12-22-6-8-25-9-7-23)10-17(20)19(18)26-13-14-2-4-16(21)5-3-14/h2-5,10-11,22-23H,6-9,12-13H2,1H3. The Morgan fingerprint density at radius 3 is 2.58 bits per heavy atom. The van der Waals surface area contributed by atoms with Crippen molar-refractivity contribution in [1.29, 1.82) is 0 Å². The van der Waals surface area contributed by atoms with Crippen LogP contribution in [0.15, 0.2) is 40.9 Å². The van der Waals surface area contributed by atoms with E-state index in [2.05, 4.69) is 21.2 Å². The van der Waals surface area contributed by atoms with Gasteiger partial charge in [-0.3, -0.25) is 0 Å². The Hall–Kier alpha value is -1.67. The van der Waals surface area contributed by atoms with Gasteiger partial charge in [-0.25, -0.2) is 4.39 Å². The van der Waals surface area contributed by atoms with Gasteiger partial charge in [-0.05, 0) is 51.3 Å². The molecule has 26 heavy (non-hydrogen) atoms. The summed E-state index contributed by atoms with van der Waals surface area (Å²) in [6, 6.07) is 10.1. The zero-order valence-corrected chi connectivity index (χ0v) is 16.2. The highest BCUT2D eigenvalue weighted by Crippen LogP contribution is 2.37. The molecule has 2 aromatic rings. The average molecular weight is 428 g/mol. The molecule has 2 rings (SSSR count). The van der Waals surface area contributed by atoms with Gasteiger partial charge in [0, 0.05) is 13.1 Å². The lowest BCUT2D eigenvalue weighted by atomic mass is 10.2. The molecule has 0 spiro atoms. The Labute approximate surface area is 161 Å². The van der Waals surface area contributed by atoms with Crippen molar-refractivity contribution in [3.8, 4) is 11.5 Å². The summed E-state index contributed by atoms with van der Waals surface area (Å²) in [5, 5.41) is 11.9. The quantitative estimate of drug-likeness (QED) is 0.538. The van der Waals surface area contributed by atoms with Crippen molar-refractivity contribution in [3.05, 3.63) is 57.8 Å². The van der Waals surface area contributed by atoms with Gasteiger partial charge in [0.25, 0.3) is 0 Å². The first kappa shape index (κ1) is 20.6. The predicted molar refractivity (Wildman–Crippen MR) is 101 cm³/mol. The summed E-state index contributed by atoms with van der Waals surface area (Å²) in [6.07, 6.45) is 0. The third-order valence-electron chi connectivity index (χ3n) is 3.57. The number of methoxy groups -OCH3 is 1. The third-order valence-corrected chi connectivity index (χ3v) is 4.16. The molecule has 0 atom stereocenters. The van der Waals surface area contributed by atoms with Crippen LogP contribution in [-0.4, -0.2) is 38.6 Å². The monoisotopic (exact) mass is 427 g/mol. The number of hydrogen-bond acceptors (Lipinski definition) is 5. The van der Waals surface area contributed by atoms with Crippen LogP contribution in [0.2, 0.25) is 0 Å². The molecule has 0 saturated carbocycles. The van der Waals surface area contributed by atoms with E-state index in [1.807, 2.05) is 12.1 Å². The lowest BCUT2D eigenvalue weighted by Crippen LogP contribution is -2.20. The second-order valence-electron chi connectivity index (χ2n) is 5.54. The van der Waals surface area contributed by atoms with E-state index in [0.717, 1.165) is 15.6 Å². The van der Waals surface area contributed by atoms with E-state index in [-0.39, 0.29) is 12.4 Å². The largest absolute Gasteiger partial charge is 0.493 e. The minimum Gasteiger partial charge on any atom is -0.493 e. The molecule has 0 heterocycles. The van der Waals surface area contributed by atoms with Gasteiger partial charge in [-0.2, -0.15) is 0 Å². The molecule has 2 aromatic carbocycles. The minimum atomic E-state index is -0.272. The van der Waals surface area contributed by atoms with Gasteiger partial charge in [0.1, 0.15) is 12.4 Å². The van der Waals surface area contributed by atoms with E-state index in [9.17, 15) is 4.39 Å². The van der Waals surface area contributed by atoms with Crippen molar-refractivity contribution in [1.82, 2.24) is 5.32 Å². The molecular formula is C19H23BrFNO4. The Morgan fingerprint density at radius 1 is 1.12 bits per heavy atom. The predicted octanol–water partition coefficient (Wildman–Crippen LogP) is 3.27. The lowest BCUT2D eigenvalue weighted by molar-refractivity contribution is 0.0938. The molecule has 0 aliphatic carbocycles. The van der Waals surface area contributed by atoms with Gasteiger partial charge in [-0.1, -0.05) is 12.1 Å². The van der Waals surface area contributed by atoms with E-state index in [1.54, 1.807) is 19.2 Å². The maximum absolute atomic E-state index is 13.0. The molecule has 0 saturated heterocycles. The van der Waals surface area contributed by atoms with E-state index in [0.29, 0.717) is 44.4 Å². The van der Waals surface area contributed by atoms with E-state index < -0.39 is 0 Å². The van der Waals surface area contributed by atoms with Crippen LogP contribution in [0.3, 0.4) is 0 Å². The van der Waals surface area contributed by atoms with Gasteiger partial charge in [0.05, 0.1) is 31.4 Å². The fraction of sp³-hybridized carbons (Fsp3) is 0.368. The van der Waals surface area contributed by atoms with E-state index >= 15 is 0 Å². The second-order valence-corrected chi connectivity index (χ2v) is 6.39. The molecule has 2 N–H and O–H groups in total. The summed E-state index contributed by atoms with van der Waals surface area (Å²) >= 11 is 3.52. The first-order chi connectivity index (χ1) is 12.6. The molecule has 0 aliphatic rings. The highest BCUT2D eigenvalue weighted by Gasteiger charge is 2.12. The number of hydrogen-bond donors (Lipinski definition) is 2. The number of aliphatic hydroxyl groups excluding tert-OH is 1. The molecule has 0 amide bonds. The highest BCUT2D eigenvalue weighted by molar-refractivity contribution is 9.10. The molecule has 5 nitrogen and oxygen atoms in total. The van der Waals surface area contributed by atoms with E-state index in [4.69, 9.17) is 19.3 Å². The summed E-state index contributed by atoms with van der Waals surface area (Å²) in [5.74, 6) is 0.952. The van der Waals surface area contributed by atoms with Crippen LogP contribution >= 0.6 is 15.9 Å². The molecule has 0 aromatic heterocycles. The molecule has 0 unspecified atom stereocenters. The van der Waals surface area contributed by atoms with Crippen LogP contribution in [0.4, 0.5) is 4.39 Å². The fourth-order valence-corrected chi connectivity index (χ4v) is 2.90. The summed E-state index contributed by atoms with van der Waals surface area (Å²) in [7, 11) is 1.59. The first-order valence-electron chi connectivity index (χ1n) is 8.27. The number of ether oxygens (including phenoxy) is 3. The smallest absolute Gasteiger partial charge is 0.175 e. The summed E-state index contributed by atoms with van der Waals surface area (Å²) < 4.78 is 30.2. The average Bonchev–Trinajstić information content (AvgIpc) is 2.64. The van der Waals surface area contributed by atoms with Gasteiger partial charge >= 0.3 is 0 Å². The van der Waals surface area contributed by atoms with Crippen LogP contribution in [-0.2, 0) is 17.9 Å². The minimum absolute atomic E-state index is 0.0313. The van der Waals surface area contributed by atoms with Gasteiger partial charge < -0.3 is 24.6 Å². The van der Waals surface area contributed by atoms with Crippen LogP contribution in [0.5, 0.6) is 11.5 Å². The van der Waals surface area contributed by atoms with Crippen molar-refractivity contribution in [2.45, 2.75) is 13.2 Å². The number of halogens is 2. The molecule has 142 valence electrons. The second kappa shape index (κ2) is 11.1. The summed E-state index contributed by atoms with van der Waals surface area (Å²) in [4.78, 5) is 0. The molecule has 0 fully saturated rings. The van der Waals surface area contributed by atoms with Crippen molar-refractivity contribution in [2.75, 3.05) is 33.5 Å². The molecular weight excluding hydrogens is 405 g/mol. The molecule has 0 aliphatic heterocycles. The Kier molecular flexibility index (Phi) is 8.84. The zero-order chi connectivity index (χ0) is 18.8. The topological polar surface area (TPSA) is 60.0 Å². The Balaban J connectivity index is 1.94. The number of aliphatic hydroxyl groups is 1. The summed E-state index contributed by atoms with van der Waals surface area (Å²) in [6.45, 7) is 2.57. The van der Waals surface area contributed by atoms with Gasteiger partial charge in [-0.15, -0.1) is 0 Å². The molecule has 0 bridgehead atoms. The van der Waals surface area contributed by atoms with Gasteiger partial charge in [0.2, 0.25) is 0 Å².